The summed E-state index contributed by atoms with van der Waals surface area (Å²) in [6, 6.07) is 8.63. The van der Waals surface area contributed by atoms with Crippen LogP contribution in [0, 0.1) is 11.3 Å². The summed E-state index contributed by atoms with van der Waals surface area (Å²) in [4.78, 5) is 0. The van der Waals surface area contributed by atoms with Crippen LogP contribution in [0.25, 0.3) is 0 Å². The summed E-state index contributed by atoms with van der Waals surface area (Å²) in [5.41, 5.74) is 1.42. The first-order valence-corrected chi connectivity index (χ1v) is 7.14. The van der Waals surface area contributed by atoms with Crippen molar-refractivity contribution >= 4 is 10.0 Å². The molecule has 1 N–H and O–H groups in total. The van der Waals surface area contributed by atoms with E-state index in [1.54, 1.807) is 31.2 Å². The summed E-state index contributed by atoms with van der Waals surface area (Å²) in [6.07, 6.45) is 0.593. The van der Waals surface area contributed by atoms with Crippen LogP contribution in [0.3, 0.4) is 0 Å². The van der Waals surface area contributed by atoms with Gasteiger partial charge in [0.1, 0.15) is 0 Å². The van der Waals surface area contributed by atoms with Crippen molar-refractivity contribution in [2.45, 2.75) is 26.3 Å². The van der Waals surface area contributed by atoms with E-state index in [4.69, 9.17) is 5.26 Å². The van der Waals surface area contributed by atoms with Crippen LogP contribution in [0.5, 0.6) is 0 Å². The summed E-state index contributed by atoms with van der Waals surface area (Å²) in [7, 11) is -3.21. The summed E-state index contributed by atoms with van der Waals surface area (Å²) in [6.45, 7) is 3.61. The smallest absolute Gasteiger partial charge is 0.212 e. The van der Waals surface area contributed by atoms with Crippen molar-refractivity contribution in [3.63, 3.8) is 0 Å². The van der Waals surface area contributed by atoms with Gasteiger partial charge in [-0.3, -0.25) is 0 Å². The molecule has 1 aromatic carbocycles. The molecule has 17 heavy (non-hydrogen) atoms. The Balaban J connectivity index is 2.77. The Morgan fingerprint density at radius 2 is 1.94 bits per heavy atom. The molecular weight excluding hydrogens is 236 g/mol. The third-order valence-electron chi connectivity index (χ3n) is 2.37. The highest BCUT2D eigenvalue weighted by Gasteiger charge is 2.14. The number of hydrogen-bond acceptors (Lipinski definition) is 3. The number of sulfonamides is 1. The van der Waals surface area contributed by atoms with E-state index < -0.39 is 10.0 Å². The molecule has 0 aliphatic heterocycles. The molecule has 0 fully saturated rings. The molecule has 1 aromatic rings. The van der Waals surface area contributed by atoms with E-state index in [1.807, 2.05) is 13.0 Å². The molecule has 0 amide bonds. The molecule has 0 saturated heterocycles. The molecule has 0 radical (unpaired) electrons. The Bertz CT molecular complexity index is 500. The first-order valence-electron chi connectivity index (χ1n) is 5.48. The second-order valence-electron chi connectivity index (χ2n) is 3.89. The zero-order chi connectivity index (χ0) is 12.9. The fourth-order valence-electron chi connectivity index (χ4n) is 1.51. The van der Waals surface area contributed by atoms with Crippen LogP contribution in [-0.4, -0.2) is 14.2 Å². The average molecular weight is 252 g/mol. The molecule has 0 aliphatic carbocycles. The van der Waals surface area contributed by atoms with E-state index >= 15 is 0 Å². The molecule has 0 aromatic heterocycles. The first-order chi connectivity index (χ1) is 7.98. The minimum atomic E-state index is -3.21. The molecule has 0 aliphatic rings. The van der Waals surface area contributed by atoms with Gasteiger partial charge in [-0.05, 0) is 31.0 Å². The van der Waals surface area contributed by atoms with Crippen molar-refractivity contribution in [3.8, 4) is 6.07 Å². The lowest BCUT2D eigenvalue weighted by atomic mass is 10.1. The standard InChI is InChI=1S/C12H16N2O2S/c1-3-8-17(15,16)14-10(2)12-6-4-11(9-13)5-7-12/h4-7,10,14H,3,8H2,1-2H3. The van der Waals surface area contributed by atoms with Crippen molar-refractivity contribution in [2.75, 3.05) is 5.75 Å². The van der Waals surface area contributed by atoms with Crippen LogP contribution in [-0.2, 0) is 10.0 Å². The summed E-state index contributed by atoms with van der Waals surface area (Å²) >= 11 is 0. The molecular formula is C12H16N2O2S. The lowest BCUT2D eigenvalue weighted by Crippen LogP contribution is -2.28. The van der Waals surface area contributed by atoms with E-state index in [0.717, 1.165) is 5.56 Å². The molecule has 0 heterocycles. The fraction of sp³-hybridized carbons (Fsp3) is 0.417. The van der Waals surface area contributed by atoms with Crippen LogP contribution in [0.4, 0.5) is 0 Å². The SMILES string of the molecule is CCCS(=O)(=O)NC(C)c1ccc(C#N)cc1. The number of benzene rings is 1. The van der Waals surface area contributed by atoms with E-state index in [0.29, 0.717) is 12.0 Å². The average Bonchev–Trinajstić information content (AvgIpc) is 2.28. The maximum absolute atomic E-state index is 11.6. The molecule has 1 atom stereocenters. The lowest BCUT2D eigenvalue weighted by molar-refractivity contribution is 0.565. The van der Waals surface area contributed by atoms with Crippen molar-refractivity contribution in [2.24, 2.45) is 0 Å². The summed E-state index contributed by atoms with van der Waals surface area (Å²) in [5.74, 6) is 0.133. The monoisotopic (exact) mass is 252 g/mol. The number of nitrogens with one attached hydrogen (secondary N) is 1. The maximum Gasteiger partial charge on any atom is 0.212 e. The molecule has 0 bridgehead atoms. The molecule has 4 nitrogen and oxygen atoms in total. The molecule has 0 saturated carbocycles. The molecule has 1 unspecified atom stereocenters. The van der Waals surface area contributed by atoms with E-state index in [9.17, 15) is 8.42 Å². The zero-order valence-corrected chi connectivity index (χ0v) is 10.8. The highest BCUT2D eigenvalue weighted by atomic mass is 32.2. The minimum Gasteiger partial charge on any atom is -0.212 e. The van der Waals surface area contributed by atoms with Crippen LogP contribution in [0.15, 0.2) is 24.3 Å². The lowest BCUT2D eigenvalue weighted by Gasteiger charge is -2.14. The summed E-state index contributed by atoms with van der Waals surface area (Å²) in [5, 5.41) is 8.66. The normalized spacial score (nSPS) is 13.0. The molecule has 92 valence electrons. The quantitative estimate of drug-likeness (QED) is 0.870. The maximum atomic E-state index is 11.6. The second-order valence-corrected chi connectivity index (χ2v) is 5.77. The fourth-order valence-corrected chi connectivity index (χ4v) is 2.84. The second kappa shape index (κ2) is 5.80. The number of nitrogens with zero attached hydrogens (tertiary/aromatic N) is 1. The Kier molecular flexibility index (Phi) is 4.67. The zero-order valence-electron chi connectivity index (χ0n) is 9.97. The Labute approximate surface area is 102 Å². The van der Waals surface area contributed by atoms with Crippen molar-refractivity contribution in [1.82, 2.24) is 4.72 Å². The highest BCUT2D eigenvalue weighted by molar-refractivity contribution is 7.89. The van der Waals surface area contributed by atoms with Gasteiger partial charge in [-0.15, -0.1) is 0 Å². The molecule has 0 spiro atoms. The Morgan fingerprint density at radius 1 is 1.35 bits per heavy atom. The minimum absolute atomic E-state index is 0.133. The van der Waals surface area contributed by atoms with Crippen LogP contribution >= 0.6 is 0 Å². The van der Waals surface area contributed by atoms with Gasteiger partial charge in [0, 0.05) is 6.04 Å². The topological polar surface area (TPSA) is 70.0 Å². The van der Waals surface area contributed by atoms with Crippen LogP contribution in [0.1, 0.15) is 37.4 Å². The largest absolute Gasteiger partial charge is 0.212 e. The van der Waals surface area contributed by atoms with Crippen molar-refractivity contribution < 1.29 is 8.42 Å². The van der Waals surface area contributed by atoms with Gasteiger partial charge in [0.05, 0.1) is 17.4 Å². The predicted octanol–water partition coefficient (Wildman–Crippen LogP) is 1.95. The van der Waals surface area contributed by atoms with Gasteiger partial charge in [0.15, 0.2) is 0 Å². The third kappa shape index (κ3) is 4.17. The predicted molar refractivity (Wildman–Crippen MR) is 66.8 cm³/mol. The number of nitriles is 1. The Morgan fingerprint density at radius 3 is 2.41 bits per heavy atom. The van der Waals surface area contributed by atoms with Gasteiger partial charge in [0.2, 0.25) is 10.0 Å². The van der Waals surface area contributed by atoms with Gasteiger partial charge in [0.25, 0.3) is 0 Å². The van der Waals surface area contributed by atoms with Gasteiger partial charge >= 0.3 is 0 Å². The van der Waals surface area contributed by atoms with E-state index in [2.05, 4.69) is 4.72 Å². The van der Waals surface area contributed by atoms with Gasteiger partial charge in [-0.25, -0.2) is 13.1 Å². The van der Waals surface area contributed by atoms with E-state index in [-0.39, 0.29) is 11.8 Å². The number of hydrogen-bond donors (Lipinski definition) is 1. The van der Waals surface area contributed by atoms with Gasteiger partial charge in [-0.2, -0.15) is 5.26 Å². The van der Waals surface area contributed by atoms with Crippen LogP contribution < -0.4 is 4.72 Å². The van der Waals surface area contributed by atoms with Crippen molar-refractivity contribution in [1.29, 1.82) is 5.26 Å². The molecule has 1 rings (SSSR count). The summed E-state index contributed by atoms with van der Waals surface area (Å²) < 4.78 is 25.7. The first kappa shape index (κ1) is 13.7. The van der Waals surface area contributed by atoms with Gasteiger partial charge < -0.3 is 0 Å². The molecule has 5 heteroatoms. The van der Waals surface area contributed by atoms with Crippen molar-refractivity contribution in [3.05, 3.63) is 35.4 Å². The Hall–Kier alpha value is -1.38. The third-order valence-corrected chi connectivity index (χ3v) is 4.03. The van der Waals surface area contributed by atoms with Gasteiger partial charge in [-0.1, -0.05) is 19.1 Å². The number of rotatable bonds is 5. The highest BCUT2D eigenvalue weighted by Crippen LogP contribution is 2.14. The van der Waals surface area contributed by atoms with Crippen LogP contribution in [0.2, 0.25) is 0 Å². The van der Waals surface area contributed by atoms with E-state index in [1.165, 1.54) is 0 Å².